The number of nitrogens with zero attached hydrogens (tertiary/aromatic N) is 3. The molecule has 27 heavy (non-hydrogen) atoms. The van der Waals surface area contributed by atoms with Gasteiger partial charge in [-0.2, -0.15) is 0 Å². The molecule has 2 saturated heterocycles. The first kappa shape index (κ1) is 18.3. The highest BCUT2D eigenvalue weighted by Crippen LogP contribution is 2.27. The van der Waals surface area contributed by atoms with Crippen molar-refractivity contribution in [1.82, 2.24) is 19.4 Å². The Morgan fingerprint density at radius 1 is 1.04 bits per heavy atom. The summed E-state index contributed by atoms with van der Waals surface area (Å²) in [5, 5.41) is 0. The predicted octanol–water partition coefficient (Wildman–Crippen LogP) is 2.61. The number of hydrogen-bond donors (Lipinski definition) is 1. The van der Waals surface area contributed by atoms with E-state index >= 15 is 0 Å². The number of carbonyl (C=O) groups is 1. The van der Waals surface area contributed by atoms with Crippen molar-refractivity contribution >= 4 is 16.9 Å². The van der Waals surface area contributed by atoms with Gasteiger partial charge in [0.05, 0.1) is 11.0 Å². The van der Waals surface area contributed by atoms with Gasteiger partial charge in [0.15, 0.2) is 0 Å². The summed E-state index contributed by atoms with van der Waals surface area (Å²) in [6.07, 6.45) is 3.63. The number of fused-ring (bicyclic) bond motifs is 1. The Morgan fingerprint density at radius 3 is 2.37 bits per heavy atom. The summed E-state index contributed by atoms with van der Waals surface area (Å²) in [5.41, 5.74) is 1.81. The zero-order valence-corrected chi connectivity index (χ0v) is 16.4. The Labute approximate surface area is 160 Å². The summed E-state index contributed by atoms with van der Waals surface area (Å²) in [6, 6.07) is 8.57. The SMILES string of the molecule is CC(C)N1CCC(C(=O)N2CCC(n3c(=O)[nH]c4ccccc43)CC2)CC1. The summed E-state index contributed by atoms with van der Waals surface area (Å²) in [5.74, 6) is 0.496. The monoisotopic (exact) mass is 370 g/mol. The average Bonchev–Trinajstić information content (AvgIpc) is 3.03. The quantitative estimate of drug-likeness (QED) is 0.903. The topological polar surface area (TPSA) is 61.3 Å². The maximum Gasteiger partial charge on any atom is 0.326 e. The first-order valence-electron chi connectivity index (χ1n) is 10.3. The number of benzene rings is 1. The van der Waals surface area contributed by atoms with Crippen LogP contribution in [0.2, 0.25) is 0 Å². The number of rotatable bonds is 3. The molecule has 0 atom stereocenters. The minimum atomic E-state index is -0.0398. The molecule has 1 amide bonds. The minimum absolute atomic E-state index is 0.0398. The van der Waals surface area contributed by atoms with Gasteiger partial charge in [-0.25, -0.2) is 4.79 Å². The van der Waals surface area contributed by atoms with E-state index in [4.69, 9.17) is 0 Å². The van der Waals surface area contributed by atoms with Crippen molar-refractivity contribution in [2.45, 2.75) is 51.6 Å². The third kappa shape index (κ3) is 3.55. The van der Waals surface area contributed by atoms with E-state index in [1.807, 2.05) is 33.7 Å². The second-order valence-electron chi connectivity index (χ2n) is 8.28. The molecule has 0 radical (unpaired) electrons. The number of nitrogens with one attached hydrogen (secondary N) is 1. The van der Waals surface area contributed by atoms with E-state index in [9.17, 15) is 9.59 Å². The number of amides is 1. The summed E-state index contributed by atoms with van der Waals surface area (Å²) < 4.78 is 1.89. The minimum Gasteiger partial charge on any atom is -0.342 e. The van der Waals surface area contributed by atoms with Gasteiger partial charge in [0.25, 0.3) is 0 Å². The van der Waals surface area contributed by atoms with Gasteiger partial charge in [0, 0.05) is 31.1 Å². The van der Waals surface area contributed by atoms with Crippen LogP contribution in [0.4, 0.5) is 0 Å². The number of aromatic amines is 1. The second kappa shape index (κ2) is 7.50. The lowest BCUT2D eigenvalue weighted by molar-refractivity contribution is -0.138. The molecule has 4 rings (SSSR count). The van der Waals surface area contributed by atoms with E-state index in [1.54, 1.807) is 0 Å². The fourth-order valence-corrected chi connectivity index (χ4v) is 4.70. The van der Waals surface area contributed by atoms with Gasteiger partial charge in [-0.1, -0.05) is 12.1 Å². The lowest BCUT2D eigenvalue weighted by Crippen LogP contribution is -2.47. The van der Waals surface area contributed by atoms with E-state index in [2.05, 4.69) is 23.7 Å². The number of H-pyrrole nitrogens is 1. The molecule has 0 spiro atoms. The van der Waals surface area contributed by atoms with Crippen molar-refractivity contribution in [2.75, 3.05) is 26.2 Å². The Hall–Kier alpha value is -2.08. The van der Waals surface area contributed by atoms with Gasteiger partial charge < -0.3 is 14.8 Å². The lowest BCUT2D eigenvalue weighted by atomic mass is 9.93. The van der Waals surface area contributed by atoms with E-state index < -0.39 is 0 Å². The summed E-state index contributed by atoms with van der Waals surface area (Å²) in [7, 11) is 0. The van der Waals surface area contributed by atoms with Crippen LogP contribution in [-0.2, 0) is 4.79 Å². The summed E-state index contributed by atoms with van der Waals surface area (Å²) >= 11 is 0. The highest BCUT2D eigenvalue weighted by molar-refractivity contribution is 5.79. The van der Waals surface area contributed by atoms with Crippen LogP contribution in [0.1, 0.15) is 45.6 Å². The standard InChI is InChI=1S/C21H30N4O2/c1-15(2)23-11-7-16(8-12-23)20(26)24-13-9-17(10-14-24)25-19-6-4-3-5-18(19)22-21(25)27/h3-6,15-17H,7-14H2,1-2H3,(H,22,27). The smallest absolute Gasteiger partial charge is 0.326 e. The van der Waals surface area contributed by atoms with Crippen molar-refractivity contribution < 1.29 is 4.79 Å². The number of hydrogen-bond acceptors (Lipinski definition) is 3. The van der Waals surface area contributed by atoms with Crippen LogP contribution in [0.3, 0.4) is 0 Å². The molecule has 6 nitrogen and oxygen atoms in total. The summed E-state index contributed by atoms with van der Waals surface area (Å²) in [4.78, 5) is 32.8. The number of imidazole rings is 1. The fraction of sp³-hybridized carbons (Fsp3) is 0.619. The van der Waals surface area contributed by atoms with E-state index in [-0.39, 0.29) is 17.6 Å². The van der Waals surface area contributed by atoms with Crippen LogP contribution in [0, 0.1) is 5.92 Å². The first-order valence-corrected chi connectivity index (χ1v) is 10.3. The Kier molecular flexibility index (Phi) is 5.08. The molecule has 2 aliphatic rings. The molecule has 0 bridgehead atoms. The molecule has 2 fully saturated rings. The van der Waals surface area contributed by atoms with E-state index in [0.29, 0.717) is 11.9 Å². The van der Waals surface area contributed by atoms with E-state index in [0.717, 1.165) is 62.9 Å². The highest BCUT2D eigenvalue weighted by Gasteiger charge is 2.32. The Balaban J connectivity index is 1.38. The van der Waals surface area contributed by atoms with Crippen molar-refractivity contribution in [2.24, 2.45) is 5.92 Å². The molecule has 146 valence electrons. The molecule has 6 heteroatoms. The van der Waals surface area contributed by atoms with Gasteiger partial charge in [-0.05, 0) is 64.8 Å². The average molecular weight is 370 g/mol. The molecule has 0 saturated carbocycles. The number of aromatic nitrogens is 2. The normalized spacial score (nSPS) is 20.6. The molecule has 1 aromatic heterocycles. The van der Waals surface area contributed by atoms with Gasteiger partial charge >= 0.3 is 5.69 Å². The van der Waals surface area contributed by atoms with Gasteiger partial charge in [0.1, 0.15) is 0 Å². The molecule has 3 heterocycles. The molecular weight excluding hydrogens is 340 g/mol. The molecule has 0 aliphatic carbocycles. The van der Waals surface area contributed by atoms with Gasteiger partial charge in [0.2, 0.25) is 5.91 Å². The largest absolute Gasteiger partial charge is 0.342 e. The zero-order chi connectivity index (χ0) is 19.0. The highest BCUT2D eigenvalue weighted by atomic mass is 16.2. The molecular formula is C21H30N4O2. The Bertz CT molecular complexity index is 852. The van der Waals surface area contributed by atoms with Crippen molar-refractivity contribution in [3.8, 4) is 0 Å². The third-order valence-electron chi connectivity index (χ3n) is 6.37. The molecule has 1 N–H and O–H groups in total. The zero-order valence-electron chi connectivity index (χ0n) is 16.4. The van der Waals surface area contributed by atoms with Crippen LogP contribution in [-0.4, -0.2) is 57.5 Å². The van der Waals surface area contributed by atoms with Crippen molar-refractivity contribution in [1.29, 1.82) is 0 Å². The number of piperidine rings is 2. The van der Waals surface area contributed by atoms with Crippen molar-refractivity contribution in [3.05, 3.63) is 34.7 Å². The van der Waals surface area contributed by atoms with Crippen LogP contribution in [0.5, 0.6) is 0 Å². The maximum absolute atomic E-state index is 12.9. The molecule has 2 aromatic rings. The van der Waals surface area contributed by atoms with Gasteiger partial charge in [-0.3, -0.25) is 9.36 Å². The molecule has 2 aliphatic heterocycles. The van der Waals surface area contributed by atoms with Crippen LogP contribution in [0.15, 0.2) is 29.1 Å². The van der Waals surface area contributed by atoms with Gasteiger partial charge in [-0.15, -0.1) is 0 Å². The third-order valence-corrected chi connectivity index (χ3v) is 6.37. The Morgan fingerprint density at radius 2 is 1.70 bits per heavy atom. The molecule has 1 aromatic carbocycles. The summed E-state index contributed by atoms with van der Waals surface area (Å²) in [6.45, 7) is 7.99. The number of carbonyl (C=O) groups excluding carboxylic acids is 1. The maximum atomic E-state index is 12.9. The lowest BCUT2D eigenvalue weighted by Gasteiger charge is -2.38. The molecule has 0 unspecified atom stereocenters. The first-order chi connectivity index (χ1) is 13.0. The van der Waals surface area contributed by atoms with Crippen LogP contribution in [0.25, 0.3) is 11.0 Å². The van der Waals surface area contributed by atoms with Crippen LogP contribution < -0.4 is 5.69 Å². The van der Waals surface area contributed by atoms with Crippen molar-refractivity contribution in [3.63, 3.8) is 0 Å². The predicted molar refractivity (Wildman–Crippen MR) is 107 cm³/mol. The van der Waals surface area contributed by atoms with E-state index in [1.165, 1.54) is 0 Å². The fourth-order valence-electron chi connectivity index (χ4n) is 4.70. The second-order valence-corrected chi connectivity index (χ2v) is 8.28. The number of para-hydroxylation sites is 2. The van der Waals surface area contributed by atoms with Crippen LogP contribution >= 0.6 is 0 Å². The number of likely N-dealkylation sites (tertiary alicyclic amines) is 2.